The maximum Gasteiger partial charge on any atom is 0.158 e. The number of hydrogen-bond donors (Lipinski definition) is 2. The molecular formula is C22H18N4. The summed E-state index contributed by atoms with van der Waals surface area (Å²) in [6.45, 7) is 0. The van der Waals surface area contributed by atoms with Crippen LogP contribution in [-0.2, 0) is 11.8 Å². The van der Waals surface area contributed by atoms with Gasteiger partial charge in [-0.15, -0.1) is 0 Å². The van der Waals surface area contributed by atoms with E-state index in [1.54, 1.807) is 6.20 Å². The molecule has 1 aliphatic carbocycles. The van der Waals surface area contributed by atoms with Gasteiger partial charge in [0.2, 0.25) is 0 Å². The molecule has 0 saturated carbocycles. The number of benzene rings is 2. The van der Waals surface area contributed by atoms with Crippen LogP contribution < -0.4 is 0 Å². The van der Waals surface area contributed by atoms with Crippen molar-refractivity contribution >= 4 is 6.08 Å². The Bertz CT molecular complexity index is 1000. The number of nitrogens with one attached hydrogen (secondary N) is 2. The zero-order valence-electron chi connectivity index (χ0n) is 14.2. The molecule has 4 nitrogen and oxygen atoms in total. The predicted octanol–water partition coefficient (Wildman–Crippen LogP) is 4.36. The van der Waals surface area contributed by atoms with Crippen LogP contribution in [0.4, 0.5) is 0 Å². The molecule has 2 aromatic carbocycles. The van der Waals surface area contributed by atoms with Gasteiger partial charge >= 0.3 is 0 Å². The van der Waals surface area contributed by atoms with Crippen molar-refractivity contribution in [3.63, 3.8) is 0 Å². The van der Waals surface area contributed by atoms with Crippen LogP contribution in [0.1, 0.15) is 22.4 Å². The van der Waals surface area contributed by atoms with E-state index in [0.717, 1.165) is 29.2 Å². The van der Waals surface area contributed by atoms with Gasteiger partial charge in [-0.1, -0.05) is 72.8 Å². The van der Waals surface area contributed by atoms with E-state index in [-0.39, 0.29) is 5.41 Å². The monoisotopic (exact) mass is 338 g/mol. The standard InChI is InChI=1S/C22H18N4/c1-3-7-16(8-4-1)22(17-9-5-2-6-10-17)12-11-18-19(15-22)25-26-20(18)21-23-13-14-24-21/h1-14H,15H2,(H,23,24)(H,25,26). The molecule has 0 saturated heterocycles. The van der Waals surface area contributed by atoms with E-state index >= 15 is 0 Å². The highest BCUT2D eigenvalue weighted by Crippen LogP contribution is 2.42. The Morgan fingerprint density at radius 1 is 0.885 bits per heavy atom. The molecule has 0 amide bonds. The molecule has 4 heteroatoms. The maximum absolute atomic E-state index is 4.52. The molecule has 5 rings (SSSR count). The quantitative estimate of drug-likeness (QED) is 0.583. The molecule has 0 radical (unpaired) electrons. The molecule has 2 N–H and O–H groups in total. The summed E-state index contributed by atoms with van der Waals surface area (Å²) in [5.74, 6) is 0.791. The number of fused-ring (bicyclic) bond motifs is 1. The first-order valence-corrected chi connectivity index (χ1v) is 8.74. The van der Waals surface area contributed by atoms with E-state index in [0.29, 0.717) is 0 Å². The van der Waals surface area contributed by atoms with Crippen LogP contribution in [0.2, 0.25) is 0 Å². The molecule has 2 heterocycles. The Morgan fingerprint density at radius 3 is 2.19 bits per heavy atom. The lowest BCUT2D eigenvalue weighted by atomic mass is 9.68. The molecule has 4 aromatic rings. The molecule has 0 unspecified atom stereocenters. The minimum atomic E-state index is -0.206. The lowest BCUT2D eigenvalue weighted by Crippen LogP contribution is -2.30. The van der Waals surface area contributed by atoms with E-state index in [2.05, 4.69) is 93.0 Å². The van der Waals surface area contributed by atoms with Crippen LogP contribution in [0, 0.1) is 0 Å². The third kappa shape index (κ3) is 2.23. The van der Waals surface area contributed by atoms with Crippen molar-refractivity contribution in [3.05, 3.63) is 102 Å². The highest BCUT2D eigenvalue weighted by Gasteiger charge is 2.36. The molecule has 126 valence electrons. The van der Waals surface area contributed by atoms with Gasteiger partial charge in [0.1, 0.15) is 5.69 Å². The molecule has 2 aromatic heterocycles. The van der Waals surface area contributed by atoms with E-state index in [1.165, 1.54) is 11.1 Å². The van der Waals surface area contributed by atoms with Gasteiger partial charge in [0.25, 0.3) is 0 Å². The van der Waals surface area contributed by atoms with E-state index in [4.69, 9.17) is 0 Å². The van der Waals surface area contributed by atoms with Crippen LogP contribution in [-0.4, -0.2) is 20.2 Å². The molecule has 0 spiro atoms. The van der Waals surface area contributed by atoms with Crippen LogP contribution in [0.5, 0.6) is 0 Å². The first-order chi connectivity index (χ1) is 12.9. The Hall–Kier alpha value is -3.40. The Balaban J connectivity index is 1.67. The number of allylic oxidation sites excluding steroid dienone is 1. The molecule has 1 aliphatic rings. The highest BCUT2D eigenvalue weighted by atomic mass is 15.1. The van der Waals surface area contributed by atoms with Crippen LogP contribution in [0.3, 0.4) is 0 Å². The van der Waals surface area contributed by atoms with Gasteiger partial charge in [-0.3, -0.25) is 5.10 Å². The smallest absolute Gasteiger partial charge is 0.158 e. The van der Waals surface area contributed by atoms with Crippen molar-refractivity contribution < 1.29 is 0 Å². The van der Waals surface area contributed by atoms with Crippen molar-refractivity contribution in [2.75, 3.05) is 0 Å². The summed E-state index contributed by atoms with van der Waals surface area (Å²) in [5.41, 5.74) is 5.47. The minimum absolute atomic E-state index is 0.206. The number of H-pyrrole nitrogens is 2. The van der Waals surface area contributed by atoms with Gasteiger partial charge in [-0.25, -0.2) is 4.98 Å². The number of nitrogens with zero attached hydrogens (tertiary/aromatic N) is 2. The molecule has 0 atom stereocenters. The summed E-state index contributed by atoms with van der Waals surface area (Å²) >= 11 is 0. The fourth-order valence-corrected chi connectivity index (χ4v) is 3.87. The summed E-state index contributed by atoms with van der Waals surface area (Å²) in [7, 11) is 0. The Kier molecular flexibility index (Phi) is 3.35. The normalized spacial score (nSPS) is 14.9. The lowest BCUT2D eigenvalue weighted by molar-refractivity contribution is 0.620. The van der Waals surface area contributed by atoms with Gasteiger partial charge < -0.3 is 4.98 Å². The Labute approximate surface area is 151 Å². The second-order valence-electron chi connectivity index (χ2n) is 6.62. The predicted molar refractivity (Wildman–Crippen MR) is 103 cm³/mol. The van der Waals surface area contributed by atoms with Crippen molar-refractivity contribution in [1.29, 1.82) is 0 Å². The molecular weight excluding hydrogens is 320 g/mol. The summed E-state index contributed by atoms with van der Waals surface area (Å²) in [6, 6.07) is 21.3. The average Bonchev–Trinajstić information content (AvgIpc) is 3.38. The second kappa shape index (κ2) is 5.85. The number of aromatic amines is 2. The fraction of sp³-hybridized carbons (Fsp3) is 0.0909. The third-order valence-electron chi connectivity index (χ3n) is 5.17. The number of aromatic nitrogens is 4. The zero-order valence-corrected chi connectivity index (χ0v) is 14.2. The van der Waals surface area contributed by atoms with E-state index < -0.39 is 0 Å². The lowest BCUT2D eigenvalue weighted by Gasteiger charge is -2.34. The molecule has 0 aliphatic heterocycles. The van der Waals surface area contributed by atoms with Crippen LogP contribution >= 0.6 is 0 Å². The van der Waals surface area contributed by atoms with E-state index in [1.807, 2.05) is 6.20 Å². The van der Waals surface area contributed by atoms with Crippen LogP contribution in [0.25, 0.3) is 17.6 Å². The van der Waals surface area contributed by atoms with Crippen LogP contribution in [0.15, 0.2) is 79.1 Å². The van der Waals surface area contributed by atoms with Gasteiger partial charge in [0, 0.05) is 35.5 Å². The Morgan fingerprint density at radius 2 is 1.58 bits per heavy atom. The fourth-order valence-electron chi connectivity index (χ4n) is 3.87. The topological polar surface area (TPSA) is 57.4 Å². The summed E-state index contributed by atoms with van der Waals surface area (Å²) in [6.07, 6.45) is 8.89. The molecule has 0 bridgehead atoms. The van der Waals surface area contributed by atoms with Gasteiger partial charge in [-0.05, 0) is 11.1 Å². The molecule has 0 fully saturated rings. The third-order valence-corrected chi connectivity index (χ3v) is 5.17. The first-order valence-electron chi connectivity index (χ1n) is 8.74. The number of hydrogen-bond acceptors (Lipinski definition) is 2. The summed E-state index contributed by atoms with van der Waals surface area (Å²) < 4.78 is 0. The maximum atomic E-state index is 4.52. The van der Waals surface area contributed by atoms with Crippen molar-refractivity contribution in [3.8, 4) is 11.5 Å². The van der Waals surface area contributed by atoms with E-state index in [9.17, 15) is 0 Å². The minimum Gasteiger partial charge on any atom is -0.343 e. The van der Waals surface area contributed by atoms with Gasteiger partial charge in [0.15, 0.2) is 5.82 Å². The summed E-state index contributed by atoms with van der Waals surface area (Å²) in [4.78, 5) is 7.49. The second-order valence-corrected chi connectivity index (χ2v) is 6.62. The average molecular weight is 338 g/mol. The van der Waals surface area contributed by atoms with Crippen molar-refractivity contribution in [2.45, 2.75) is 11.8 Å². The number of imidazole rings is 1. The van der Waals surface area contributed by atoms with Gasteiger partial charge in [0.05, 0.1) is 0 Å². The zero-order chi connectivity index (χ0) is 17.4. The summed E-state index contributed by atoms with van der Waals surface area (Å²) in [5, 5.41) is 7.77. The first kappa shape index (κ1) is 14.9. The van der Waals surface area contributed by atoms with Gasteiger partial charge in [-0.2, -0.15) is 5.10 Å². The SMILES string of the molecule is C1=CC(c2ccccc2)(c2ccccc2)Cc2[nH]nc(-c3ncc[nH]3)c21. The largest absolute Gasteiger partial charge is 0.343 e. The highest BCUT2D eigenvalue weighted by molar-refractivity contribution is 5.73. The van der Waals surface area contributed by atoms with Crippen molar-refractivity contribution in [2.24, 2.45) is 0 Å². The molecule has 26 heavy (non-hydrogen) atoms. The van der Waals surface area contributed by atoms with Crippen molar-refractivity contribution in [1.82, 2.24) is 20.2 Å². The number of rotatable bonds is 3.